The van der Waals surface area contributed by atoms with Crippen LogP contribution in [0.25, 0.3) is 0 Å². The monoisotopic (exact) mass is 336 g/mol. The highest BCUT2D eigenvalue weighted by Crippen LogP contribution is 2.36. The highest BCUT2D eigenvalue weighted by Gasteiger charge is 2.39. The smallest absolute Gasteiger partial charge is 0.247 e. The predicted molar refractivity (Wildman–Crippen MR) is 93.2 cm³/mol. The lowest BCUT2D eigenvalue weighted by Gasteiger charge is -2.38. The van der Waals surface area contributed by atoms with Crippen LogP contribution < -0.4 is 10.1 Å². The molecule has 0 radical (unpaired) electrons. The summed E-state index contributed by atoms with van der Waals surface area (Å²) in [5.74, 6) is 0.387. The summed E-state index contributed by atoms with van der Waals surface area (Å²) in [7, 11) is 0. The maximum atomic E-state index is 13.3. The molecule has 2 atom stereocenters. The van der Waals surface area contributed by atoms with Gasteiger partial charge in [0.2, 0.25) is 11.8 Å². The van der Waals surface area contributed by atoms with E-state index in [9.17, 15) is 9.59 Å². The molecule has 2 aromatic rings. The van der Waals surface area contributed by atoms with Gasteiger partial charge in [-0.1, -0.05) is 48.5 Å². The number of nitrogens with zero attached hydrogens (tertiary/aromatic N) is 1. The number of piperazine rings is 1. The van der Waals surface area contributed by atoms with E-state index in [1.807, 2.05) is 54.6 Å². The number of carbonyl (C=O) groups excluding carboxylic acids is 2. The third-order valence-corrected chi connectivity index (χ3v) is 4.87. The first-order valence-corrected chi connectivity index (χ1v) is 8.60. The van der Waals surface area contributed by atoms with Gasteiger partial charge in [-0.25, -0.2) is 0 Å². The highest BCUT2D eigenvalue weighted by atomic mass is 16.5. The van der Waals surface area contributed by atoms with E-state index in [2.05, 4.69) is 5.32 Å². The average molecular weight is 336 g/mol. The number of rotatable bonds is 2. The molecular weight excluding hydrogens is 316 g/mol. The van der Waals surface area contributed by atoms with Gasteiger partial charge in [-0.3, -0.25) is 9.59 Å². The van der Waals surface area contributed by atoms with Crippen molar-refractivity contribution in [2.24, 2.45) is 0 Å². The largest absolute Gasteiger partial charge is 0.493 e. The summed E-state index contributed by atoms with van der Waals surface area (Å²) in [5.41, 5.74) is 1.75. The second-order valence-corrected chi connectivity index (χ2v) is 6.36. The molecule has 0 aliphatic carbocycles. The van der Waals surface area contributed by atoms with E-state index in [0.29, 0.717) is 26.1 Å². The summed E-state index contributed by atoms with van der Waals surface area (Å²) >= 11 is 0. The van der Waals surface area contributed by atoms with Crippen molar-refractivity contribution in [3.63, 3.8) is 0 Å². The molecule has 1 N–H and O–H groups in total. The van der Waals surface area contributed by atoms with Crippen LogP contribution in [-0.2, 0) is 9.59 Å². The van der Waals surface area contributed by atoms with Crippen molar-refractivity contribution in [3.8, 4) is 5.75 Å². The Morgan fingerprint density at radius 3 is 2.68 bits per heavy atom. The molecule has 2 aliphatic heterocycles. The van der Waals surface area contributed by atoms with E-state index in [1.165, 1.54) is 0 Å². The third kappa shape index (κ3) is 2.86. The van der Waals surface area contributed by atoms with Crippen LogP contribution in [0.4, 0.5) is 0 Å². The maximum absolute atomic E-state index is 13.3. The Morgan fingerprint density at radius 2 is 1.84 bits per heavy atom. The van der Waals surface area contributed by atoms with Gasteiger partial charge >= 0.3 is 0 Å². The molecule has 1 fully saturated rings. The van der Waals surface area contributed by atoms with E-state index < -0.39 is 6.04 Å². The van der Waals surface area contributed by atoms with Gasteiger partial charge in [0.15, 0.2) is 0 Å². The molecule has 0 aromatic heterocycles. The number of hydrogen-bond acceptors (Lipinski definition) is 3. The third-order valence-electron chi connectivity index (χ3n) is 4.87. The summed E-state index contributed by atoms with van der Waals surface area (Å²) < 4.78 is 5.67. The van der Waals surface area contributed by atoms with Crippen LogP contribution in [0.15, 0.2) is 54.6 Å². The van der Waals surface area contributed by atoms with Crippen LogP contribution in [0.1, 0.15) is 29.5 Å². The zero-order valence-corrected chi connectivity index (χ0v) is 13.9. The van der Waals surface area contributed by atoms with Crippen molar-refractivity contribution in [1.29, 1.82) is 0 Å². The number of carbonyl (C=O) groups is 2. The molecule has 4 rings (SSSR count). The minimum Gasteiger partial charge on any atom is -0.493 e. The second-order valence-electron chi connectivity index (χ2n) is 6.36. The number of para-hydroxylation sites is 1. The molecule has 0 spiro atoms. The Morgan fingerprint density at radius 1 is 1.08 bits per heavy atom. The number of amides is 2. The lowest BCUT2D eigenvalue weighted by molar-refractivity contribution is -0.145. The topological polar surface area (TPSA) is 58.6 Å². The Bertz CT molecular complexity index is 791. The van der Waals surface area contributed by atoms with E-state index in [4.69, 9.17) is 4.74 Å². The predicted octanol–water partition coefficient (Wildman–Crippen LogP) is 2.25. The minimum atomic E-state index is -0.572. The van der Waals surface area contributed by atoms with Crippen LogP contribution >= 0.6 is 0 Å². The fourth-order valence-corrected chi connectivity index (χ4v) is 3.67. The summed E-state index contributed by atoms with van der Waals surface area (Å²) in [6.07, 6.45) is 0.634. The first kappa shape index (κ1) is 15.7. The number of nitrogens with one attached hydrogen (secondary N) is 1. The molecular formula is C20H20N2O3. The van der Waals surface area contributed by atoms with E-state index in [-0.39, 0.29) is 17.7 Å². The molecule has 1 saturated heterocycles. The number of ether oxygens (including phenoxy) is 1. The Balaban J connectivity index is 1.68. The van der Waals surface area contributed by atoms with Gasteiger partial charge in [0, 0.05) is 18.7 Å². The molecule has 25 heavy (non-hydrogen) atoms. The van der Waals surface area contributed by atoms with E-state index in [1.54, 1.807) is 4.90 Å². The van der Waals surface area contributed by atoms with Gasteiger partial charge in [0.1, 0.15) is 11.8 Å². The van der Waals surface area contributed by atoms with Gasteiger partial charge in [0.25, 0.3) is 0 Å². The van der Waals surface area contributed by atoms with Crippen molar-refractivity contribution in [2.45, 2.75) is 18.4 Å². The average Bonchev–Trinajstić information content (AvgIpc) is 2.67. The molecule has 2 amide bonds. The van der Waals surface area contributed by atoms with Gasteiger partial charge in [0.05, 0.1) is 12.5 Å². The fourth-order valence-electron chi connectivity index (χ4n) is 3.67. The van der Waals surface area contributed by atoms with Crippen molar-refractivity contribution in [2.75, 3.05) is 19.7 Å². The van der Waals surface area contributed by atoms with Crippen LogP contribution in [0.5, 0.6) is 5.75 Å². The summed E-state index contributed by atoms with van der Waals surface area (Å²) in [6, 6.07) is 16.6. The zero-order valence-electron chi connectivity index (χ0n) is 13.9. The fraction of sp³-hybridized carbons (Fsp3) is 0.300. The Hall–Kier alpha value is -2.82. The number of fused-ring (bicyclic) bond motifs is 1. The first-order valence-electron chi connectivity index (χ1n) is 8.60. The zero-order chi connectivity index (χ0) is 17.2. The summed E-state index contributed by atoms with van der Waals surface area (Å²) in [6.45, 7) is 1.52. The first-order chi connectivity index (χ1) is 12.3. The number of hydrogen-bond donors (Lipinski definition) is 1. The molecule has 0 unspecified atom stereocenters. The lowest BCUT2D eigenvalue weighted by atomic mass is 9.90. The van der Waals surface area contributed by atoms with Gasteiger partial charge < -0.3 is 15.0 Å². The molecule has 0 saturated carbocycles. The summed E-state index contributed by atoms with van der Waals surface area (Å²) in [4.78, 5) is 27.6. The molecule has 5 nitrogen and oxygen atoms in total. The summed E-state index contributed by atoms with van der Waals surface area (Å²) in [5, 5.41) is 2.88. The van der Waals surface area contributed by atoms with Gasteiger partial charge in [-0.2, -0.15) is 0 Å². The second kappa shape index (κ2) is 6.59. The molecule has 0 bridgehead atoms. The Labute approximate surface area is 146 Å². The quantitative estimate of drug-likeness (QED) is 0.915. The van der Waals surface area contributed by atoms with E-state index >= 15 is 0 Å². The van der Waals surface area contributed by atoms with Crippen molar-refractivity contribution < 1.29 is 14.3 Å². The van der Waals surface area contributed by atoms with Crippen LogP contribution in [0.2, 0.25) is 0 Å². The van der Waals surface area contributed by atoms with Crippen LogP contribution in [0, 0.1) is 0 Å². The molecule has 2 aromatic carbocycles. The molecule has 5 heteroatoms. The number of benzene rings is 2. The van der Waals surface area contributed by atoms with Gasteiger partial charge in [-0.15, -0.1) is 0 Å². The Kier molecular flexibility index (Phi) is 4.14. The van der Waals surface area contributed by atoms with E-state index in [0.717, 1.165) is 16.9 Å². The maximum Gasteiger partial charge on any atom is 0.247 e. The van der Waals surface area contributed by atoms with Gasteiger partial charge in [-0.05, 0) is 18.1 Å². The van der Waals surface area contributed by atoms with Crippen molar-refractivity contribution >= 4 is 11.8 Å². The minimum absolute atomic E-state index is 0.000506. The van der Waals surface area contributed by atoms with Crippen LogP contribution in [-0.4, -0.2) is 36.4 Å². The lowest BCUT2D eigenvalue weighted by Crippen LogP contribution is -2.53. The SMILES string of the molecule is O=C1NCCN(C(=O)[C@H]2CCOc3ccccc32)[C@H]1c1ccccc1. The van der Waals surface area contributed by atoms with Crippen molar-refractivity contribution in [1.82, 2.24) is 10.2 Å². The van der Waals surface area contributed by atoms with Crippen molar-refractivity contribution in [3.05, 3.63) is 65.7 Å². The standard InChI is InChI=1S/C20H20N2O3/c23-19-18(14-6-2-1-3-7-14)22(12-11-21-19)20(24)16-10-13-25-17-9-5-4-8-15(16)17/h1-9,16,18H,10-13H2,(H,21,23)/t16-,18-/m0/s1. The van der Waals surface area contributed by atoms with Crippen LogP contribution in [0.3, 0.4) is 0 Å². The molecule has 128 valence electrons. The molecule has 2 heterocycles. The molecule has 2 aliphatic rings. The normalized spacial score (nSPS) is 22.6. The highest BCUT2D eigenvalue weighted by molar-refractivity contribution is 5.92.